The Morgan fingerprint density at radius 3 is 2.61 bits per heavy atom. The number of benzene rings is 1. The van der Waals surface area contributed by atoms with Gasteiger partial charge in [-0.1, -0.05) is 0 Å². The van der Waals surface area contributed by atoms with Crippen molar-refractivity contribution in [3.8, 4) is 6.07 Å². The number of fused-ring (bicyclic) bond motifs is 1. The van der Waals surface area contributed by atoms with Crippen LogP contribution in [0.5, 0.6) is 0 Å². The zero-order valence-electron chi connectivity index (χ0n) is 12.9. The van der Waals surface area contributed by atoms with Crippen LogP contribution in [0, 0.1) is 11.3 Å². The Hall–Kier alpha value is -3.14. The van der Waals surface area contributed by atoms with Crippen molar-refractivity contribution in [3.63, 3.8) is 0 Å². The van der Waals surface area contributed by atoms with Gasteiger partial charge in [-0.15, -0.1) is 5.10 Å². The number of anilines is 2. The summed E-state index contributed by atoms with van der Waals surface area (Å²) in [5.41, 5.74) is 2.99. The second-order valence-corrected chi connectivity index (χ2v) is 5.04. The van der Waals surface area contributed by atoms with E-state index < -0.39 is 0 Å². The van der Waals surface area contributed by atoms with Crippen molar-refractivity contribution in [1.29, 1.82) is 5.26 Å². The first-order valence-corrected chi connectivity index (χ1v) is 7.40. The van der Waals surface area contributed by atoms with Gasteiger partial charge in [-0.05, 0) is 32.0 Å². The molecule has 0 atom stereocenters. The maximum absolute atomic E-state index is 12.4. The van der Waals surface area contributed by atoms with Gasteiger partial charge in [0.1, 0.15) is 6.07 Å². The van der Waals surface area contributed by atoms with Crippen molar-refractivity contribution < 1.29 is 0 Å². The number of rotatable bonds is 4. The Bertz CT molecular complexity index is 963. The summed E-state index contributed by atoms with van der Waals surface area (Å²) >= 11 is 0. The lowest BCUT2D eigenvalue weighted by atomic mass is 10.2. The second kappa shape index (κ2) is 5.93. The number of nitrogens with one attached hydrogen (secondary N) is 1. The van der Waals surface area contributed by atoms with Crippen LogP contribution in [0.1, 0.15) is 19.4 Å². The van der Waals surface area contributed by atoms with Crippen LogP contribution in [0.15, 0.2) is 35.3 Å². The van der Waals surface area contributed by atoms with Crippen LogP contribution in [0.2, 0.25) is 0 Å². The summed E-state index contributed by atoms with van der Waals surface area (Å²) < 4.78 is 3.49. The van der Waals surface area contributed by atoms with Crippen LogP contribution in [-0.4, -0.2) is 19.3 Å². The molecule has 3 rings (SSSR count). The molecule has 2 heterocycles. The highest BCUT2D eigenvalue weighted by atomic mass is 16.1. The average molecular weight is 308 g/mol. The van der Waals surface area contributed by atoms with Gasteiger partial charge >= 0.3 is 5.69 Å². The largest absolute Gasteiger partial charge is 0.339 e. The Balaban J connectivity index is 2.06. The highest BCUT2D eigenvalue weighted by Gasteiger charge is 2.11. The maximum Gasteiger partial charge on any atom is 0.329 e. The van der Waals surface area contributed by atoms with E-state index in [-0.39, 0.29) is 5.69 Å². The summed E-state index contributed by atoms with van der Waals surface area (Å²) in [6.07, 6.45) is 1.41. The third kappa shape index (κ3) is 2.55. The lowest BCUT2D eigenvalue weighted by Gasteiger charge is -2.06. The van der Waals surface area contributed by atoms with E-state index in [0.29, 0.717) is 24.5 Å². The van der Waals surface area contributed by atoms with E-state index in [2.05, 4.69) is 15.5 Å². The number of hydrogen-bond donors (Lipinski definition) is 1. The van der Waals surface area contributed by atoms with Crippen LogP contribution in [0.3, 0.4) is 0 Å². The number of nitrogens with zero attached hydrogens (tertiary/aromatic N) is 5. The molecule has 116 valence electrons. The molecule has 0 radical (unpaired) electrons. The molecule has 0 aliphatic rings. The summed E-state index contributed by atoms with van der Waals surface area (Å²) in [4.78, 5) is 12.4. The molecular formula is C16H16N6O. The van der Waals surface area contributed by atoms with Crippen molar-refractivity contribution >= 4 is 22.5 Å². The molecule has 23 heavy (non-hydrogen) atoms. The van der Waals surface area contributed by atoms with Gasteiger partial charge in [0.05, 0.1) is 22.8 Å². The molecule has 3 aromatic rings. The first kappa shape index (κ1) is 14.8. The van der Waals surface area contributed by atoms with Crippen LogP contribution < -0.4 is 11.0 Å². The molecule has 0 spiro atoms. The molecule has 0 saturated heterocycles. The number of hydrogen-bond acceptors (Lipinski definition) is 5. The highest BCUT2D eigenvalue weighted by Crippen LogP contribution is 2.21. The number of aromatic nitrogens is 4. The second-order valence-electron chi connectivity index (χ2n) is 5.04. The summed E-state index contributed by atoms with van der Waals surface area (Å²) in [5.74, 6) is 0.490. The van der Waals surface area contributed by atoms with Crippen molar-refractivity contribution in [3.05, 3.63) is 46.5 Å². The SMILES string of the molecule is CCn1c(=O)n(CC)c2cc(Nc3cc(C#N)cnn3)ccc21. The minimum atomic E-state index is -0.00609. The fourth-order valence-corrected chi connectivity index (χ4v) is 2.65. The summed E-state index contributed by atoms with van der Waals surface area (Å²) in [5, 5.41) is 19.8. The third-order valence-corrected chi connectivity index (χ3v) is 3.71. The number of nitriles is 1. The Morgan fingerprint density at radius 1 is 1.17 bits per heavy atom. The van der Waals surface area contributed by atoms with E-state index in [9.17, 15) is 4.79 Å². The Labute approximate surface area is 132 Å². The predicted octanol–water partition coefficient (Wildman–Crippen LogP) is 2.25. The van der Waals surface area contributed by atoms with Gasteiger partial charge in [0.15, 0.2) is 5.82 Å². The van der Waals surface area contributed by atoms with Crippen molar-refractivity contribution in [2.75, 3.05) is 5.32 Å². The van der Waals surface area contributed by atoms with Crippen LogP contribution in [-0.2, 0) is 13.1 Å². The van der Waals surface area contributed by atoms with E-state index in [1.54, 1.807) is 15.2 Å². The van der Waals surface area contributed by atoms with Gasteiger partial charge in [0.25, 0.3) is 0 Å². The summed E-state index contributed by atoms with van der Waals surface area (Å²) in [6, 6.07) is 9.36. The summed E-state index contributed by atoms with van der Waals surface area (Å²) in [7, 11) is 0. The van der Waals surface area contributed by atoms with Crippen molar-refractivity contribution in [2.24, 2.45) is 0 Å². The Morgan fingerprint density at radius 2 is 1.91 bits per heavy atom. The van der Waals surface area contributed by atoms with Crippen LogP contribution in [0.4, 0.5) is 11.5 Å². The lowest BCUT2D eigenvalue weighted by Crippen LogP contribution is -2.23. The van der Waals surface area contributed by atoms with Crippen molar-refractivity contribution in [1.82, 2.24) is 19.3 Å². The van der Waals surface area contributed by atoms with Gasteiger partial charge < -0.3 is 5.32 Å². The zero-order valence-corrected chi connectivity index (χ0v) is 12.9. The fraction of sp³-hybridized carbons (Fsp3) is 0.250. The minimum Gasteiger partial charge on any atom is -0.339 e. The van der Waals surface area contributed by atoms with E-state index in [1.165, 1.54) is 6.20 Å². The molecule has 0 amide bonds. The normalized spacial score (nSPS) is 10.7. The molecule has 2 aromatic heterocycles. The van der Waals surface area contributed by atoms with E-state index in [4.69, 9.17) is 5.26 Å². The monoisotopic (exact) mass is 308 g/mol. The maximum atomic E-state index is 12.4. The molecule has 0 aliphatic carbocycles. The van der Waals surface area contributed by atoms with Crippen LogP contribution in [0.25, 0.3) is 11.0 Å². The van der Waals surface area contributed by atoms with E-state index in [1.807, 2.05) is 38.1 Å². The molecule has 1 aromatic carbocycles. The molecule has 0 saturated carbocycles. The number of aryl methyl sites for hydroxylation is 2. The van der Waals surface area contributed by atoms with Gasteiger partial charge in [-0.3, -0.25) is 9.13 Å². The van der Waals surface area contributed by atoms with Crippen LogP contribution >= 0.6 is 0 Å². The first-order valence-electron chi connectivity index (χ1n) is 7.40. The quantitative estimate of drug-likeness (QED) is 0.798. The molecule has 0 aliphatic heterocycles. The zero-order chi connectivity index (χ0) is 16.4. The topological polar surface area (TPSA) is 88.5 Å². The van der Waals surface area contributed by atoms with Gasteiger partial charge in [-0.2, -0.15) is 10.4 Å². The predicted molar refractivity (Wildman–Crippen MR) is 87.6 cm³/mol. The molecule has 1 N–H and O–H groups in total. The Kier molecular flexibility index (Phi) is 3.81. The average Bonchev–Trinajstić information content (AvgIpc) is 2.85. The van der Waals surface area contributed by atoms with E-state index in [0.717, 1.165) is 16.7 Å². The smallest absolute Gasteiger partial charge is 0.329 e. The standard InChI is InChI=1S/C16H16N6O/c1-3-21-13-6-5-12(8-14(13)22(4-2)16(21)23)19-15-7-11(9-17)10-18-20-15/h5-8,10H,3-4H2,1-2H3,(H,19,20). The minimum absolute atomic E-state index is 0.00609. The van der Waals surface area contributed by atoms with Gasteiger partial charge in [0, 0.05) is 24.8 Å². The van der Waals surface area contributed by atoms with Gasteiger partial charge in [-0.25, -0.2) is 4.79 Å². The molecule has 0 fully saturated rings. The molecule has 0 bridgehead atoms. The van der Waals surface area contributed by atoms with E-state index >= 15 is 0 Å². The molecule has 7 heteroatoms. The first-order chi connectivity index (χ1) is 11.2. The lowest BCUT2D eigenvalue weighted by molar-refractivity contribution is 0.671. The van der Waals surface area contributed by atoms with Crippen molar-refractivity contribution in [2.45, 2.75) is 26.9 Å². The highest BCUT2D eigenvalue weighted by molar-refractivity contribution is 5.81. The molecule has 7 nitrogen and oxygen atoms in total. The fourth-order valence-electron chi connectivity index (χ4n) is 2.65. The third-order valence-electron chi connectivity index (χ3n) is 3.71. The van der Waals surface area contributed by atoms with Gasteiger partial charge in [0.2, 0.25) is 0 Å². The molecule has 0 unspecified atom stereocenters. The number of imidazole rings is 1. The molecular weight excluding hydrogens is 292 g/mol. The summed E-state index contributed by atoms with van der Waals surface area (Å²) in [6.45, 7) is 5.14.